The lowest BCUT2D eigenvalue weighted by Gasteiger charge is -2.35. The highest BCUT2D eigenvalue weighted by Crippen LogP contribution is 2.36. The third kappa shape index (κ3) is 3.02. The summed E-state index contributed by atoms with van der Waals surface area (Å²) in [6.45, 7) is 2.09. The Hall–Kier alpha value is -2.20. The Balaban J connectivity index is 2.63. The van der Waals surface area contributed by atoms with Gasteiger partial charge in [0.2, 0.25) is 5.91 Å². The van der Waals surface area contributed by atoms with Gasteiger partial charge in [-0.05, 0) is 45.1 Å². The number of carbonyl (C=O) groups is 1. The minimum Gasteiger partial charge on any atom is -0.369 e. The van der Waals surface area contributed by atoms with Crippen molar-refractivity contribution in [3.05, 3.63) is 66.0 Å². The lowest BCUT2D eigenvalue weighted by atomic mass is 9.72. The average Bonchev–Trinajstić information content (AvgIpc) is 2.53. The van der Waals surface area contributed by atoms with Gasteiger partial charge in [-0.25, -0.2) is 0 Å². The molecule has 2 N–H and O–H groups in total. The van der Waals surface area contributed by atoms with Crippen molar-refractivity contribution in [3.63, 3.8) is 0 Å². The Kier molecular flexibility index (Phi) is 4.93. The van der Waals surface area contributed by atoms with Crippen LogP contribution in [-0.4, -0.2) is 35.9 Å². The van der Waals surface area contributed by atoms with Crippen LogP contribution in [0.15, 0.2) is 54.7 Å². The molecule has 0 radical (unpaired) electrons. The number of primary amides is 1. The van der Waals surface area contributed by atoms with Crippen LogP contribution < -0.4 is 5.73 Å². The van der Waals surface area contributed by atoms with Crippen LogP contribution in [0, 0.1) is 0 Å². The molecule has 2 rings (SSSR count). The molecule has 2 atom stereocenters. The summed E-state index contributed by atoms with van der Waals surface area (Å²) in [5.74, 6) is -0.369. The fourth-order valence-electron chi connectivity index (χ4n) is 2.70. The summed E-state index contributed by atoms with van der Waals surface area (Å²) in [6, 6.07) is 15.5. The summed E-state index contributed by atoms with van der Waals surface area (Å²) in [6.07, 6.45) is 2.28. The second-order valence-electron chi connectivity index (χ2n) is 5.87. The molecular weight excluding hydrogens is 274 g/mol. The Morgan fingerprint density at radius 2 is 1.82 bits per heavy atom. The van der Waals surface area contributed by atoms with Crippen LogP contribution in [0.4, 0.5) is 0 Å². The number of hydrogen-bond donors (Lipinski definition) is 1. The molecule has 1 heterocycles. The van der Waals surface area contributed by atoms with Gasteiger partial charge in [-0.1, -0.05) is 36.4 Å². The minimum absolute atomic E-state index is 0.176. The van der Waals surface area contributed by atoms with Crippen LogP contribution in [0.25, 0.3) is 0 Å². The van der Waals surface area contributed by atoms with Crippen molar-refractivity contribution in [3.8, 4) is 0 Å². The van der Waals surface area contributed by atoms with Crippen molar-refractivity contribution in [1.29, 1.82) is 0 Å². The summed E-state index contributed by atoms with van der Waals surface area (Å²) in [5.41, 5.74) is 6.54. The number of aromatic nitrogens is 1. The van der Waals surface area contributed by atoms with Crippen molar-refractivity contribution in [1.82, 2.24) is 9.88 Å². The molecule has 0 bridgehead atoms. The molecule has 0 aliphatic heterocycles. The molecule has 2 aromatic rings. The molecule has 4 nitrogen and oxygen atoms in total. The van der Waals surface area contributed by atoms with E-state index >= 15 is 0 Å². The van der Waals surface area contributed by atoms with Gasteiger partial charge >= 0.3 is 0 Å². The Morgan fingerprint density at radius 1 is 1.18 bits per heavy atom. The monoisotopic (exact) mass is 297 g/mol. The predicted molar refractivity (Wildman–Crippen MR) is 88.4 cm³/mol. The highest BCUT2D eigenvalue weighted by molar-refractivity contribution is 5.90. The maximum absolute atomic E-state index is 12.5. The van der Waals surface area contributed by atoms with Gasteiger partial charge in [-0.2, -0.15) is 0 Å². The third-order valence-electron chi connectivity index (χ3n) is 4.27. The molecule has 116 valence electrons. The number of nitrogens with two attached hydrogens (primary N) is 1. The molecule has 4 heteroatoms. The molecule has 0 aliphatic rings. The fraction of sp³-hybridized carbons (Fsp3) is 0.333. The van der Waals surface area contributed by atoms with Crippen molar-refractivity contribution in [2.75, 3.05) is 14.1 Å². The van der Waals surface area contributed by atoms with Gasteiger partial charge in [0, 0.05) is 12.2 Å². The van der Waals surface area contributed by atoms with E-state index in [9.17, 15) is 4.79 Å². The van der Waals surface area contributed by atoms with E-state index in [1.165, 1.54) is 0 Å². The average molecular weight is 297 g/mol. The van der Waals surface area contributed by atoms with E-state index < -0.39 is 5.41 Å². The van der Waals surface area contributed by atoms with Crippen molar-refractivity contribution in [2.24, 2.45) is 5.73 Å². The first-order chi connectivity index (χ1) is 10.5. The zero-order chi connectivity index (χ0) is 16.2. The van der Waals surface area contributed by atoms with E-state index in [-0.39, 0.29) is 11.9 Å². The fourth-order valence-corrected chi connectivity index (χ4v) is 2.70. The van der Waals surface area contributed by atoms with E-state index in [1.807, 2.05) is 62.6 Å². The Bertz CT molecular complexity index is 571. The Labute approximate surface area is 132 Å². The molecule has 0 spiro atoms. The minimum atomic E-state index is -0.924. The van der Waals surface area contributed by atoms with Crippen LogP contribution in [0.5, 0.6) is 0 Å². The molecule has 1 aromatic heterocycles. The smallest absolute Gasteiger partial charge is 0.234 e. The summed E-state index contributed by atoms with van der Waals surface area (Å²) >= 11 is 0. The zero-order valence-electron chi connectivity index (χ0n) is 13.4. The highest BCUT2D eigenvalue weighted by atomic mass is 16.1. The van der Waals surface area contributed by atoms with Crippen molar-refractivity contribution >= 4 is 5.91 Å². The van der Waals surface area contributed by atoms with E-state index in [0.29, 0.717) is 12.1 Å². The SMILES string of the molecule is C[C@@H](CC(C(N)=O)(c1ccccc1)c1ccccn1)N(C)C. The number of nitrogens with zero attached hydrogens (tertiary/aromatic N) is 2. The zero-order valence-corrected chi connectivity index (χ0v) is 13.4. The molecule has 0 aliphatic carbocycles. The molecular formula is C18H23N3O. The highest BCUT2D eigenvalue weighted by Gasteiger charge is 2.43. The van der Waals surface area contributed by atoms with E-state index in [1.54, 1.807) is 6.20 Å². The summed E-state index contributed by atoms with van der Waals surface area (Å²) in [5, 5.41) is 0. The van der Waals surface area contributed by atoms with Crippen LogP contribution >= 0.6 is 0 Å². The van der Waals surface area contributed by atoms with Gasteiger partial charge in [0.1, 0.15) is 5.41 Å². The van der Waals surface area contributed by atoms with Crippen molar-refractivity contribution in [2.45, 2.75) is 24.8 Å². The summed E-state index contributed by atoms with van der Waals surface area (Å²) in [4.78, 5) is 19.1. The number of rotatable bonds is 6. The topological polar surface area (TPSA) is 59.2 Å². The lowest BCUT2D eigenvalue weighted by Crippen LogP contribution is -2.47. The van der Waals surface area contributed by atoms with Crippen LogP contribution in [0.1, 0.15) is 24.6 Å². The third-order valence-corrected chi connectivity index (χ3v) is 4.27. The first kappa shape index (κ1) is 16.2. The van der Waals surface area contributed by atoms with Crippen LogP contribution in [0.3, 0.4) is 0 Å². The van der Waals surface area contributed by atoms with Gasteiger partial charge in [0.25, 0.3) is 0 Å². The van der Waals surface area contributed by atoms with E-state index in [0.717, 1.165) is 5.56 Å². The van der Waals surface area contributed by atoms with Crippen molar-refractivity contribution < 1.29 is 4.79 Å². The molecule has 1 aromatic carbocycles. The first-order valence-corrected chi connectivity index (χ1v) is 7.42. The van der Waals surface area contributed by atoms with Crippen LogP contribution in [0.2, 0.25) is 0 Å². The Morgan fingerprint density at radius 3 is 2.32 bits per heavy atom. The van der Waals surface area contributed by atoms with Crippen LogP contribution in [-0.2, 0) is 10.2 Å². The molecule has 0 fully saturated rings. The van der Waals surface area contributed by atoms with E-state index in [2.05, 4.69) is 16.8 Å². The van der Waals surface area contributed by atoms with Gasteiger partial charge in [0.05, 0.1) is 5.69 Å². The van der Waals surface area contributed by atoms with Gasteiger partial charge in [-0.3, -0.25) is 9.78 Å². The molecule has 0 saturated heterocycles. The first-order valence-electron chi connectivity index (χ1n) is 7.42. The normalized spacial score (nSPS) is 15.3. The van der Waals surface area contributed by atoms with E-state index in [4.69, 9.17) is 5.73 Å². The number of carbonyl (C=O) groups excluding carboxylic acids is 1. The largest absolute Gasteiger partial charge is 0.369 e. The number of benzene rings is 1. The summed E-state index contributed by atoms with van der Waals surface area (Å²) < 4.78 is 0. The molecule has 1 unspecified atom stereocenters. The lowest BCUT2D eigenvalue weighted by molar-refractivity contribution is -0.122. The number of amides is 1. The second-order valence-corrected chi connectivity index (χ2v) is 5.87. The van der Waals surface area contributed by atoms with Gasteiger partial charge in [0.15, 0.2) is 0 Å². The number of hydrogen-bond acceptors (Lipinski definition) is 3. The van der Waals surface area contributed by atoms with Gasteiger partial charge < -0.3 is 10.6 Å². The quantitative estimate of drug-likeness (QED) is 0.889. The maximum Gasteiger partial charge on any atom is 0.234 e. The molecule has 0 saturated carbocycles. The molecule has 1 amide bonds. The maximum atomic E-state index is 12.5. The molecule has 22 heavy (non-hydrogen) atoms. The van der Waals surface area contributed by atoms with Gasteiger partial charge in [-0.15, -0.1) is 0 Å². The summed E-state index contributed by atoms with van der Waals surface area (Å²) in [7, 11) is 4.00. The predicted octanol–water partition coefficient (Wildman–Crippen LogP) is 2.19. The number of pyridine rings is 1. The standard InChI is InChI=1S/C18H23N3O/c1-14(21(2)3)13-18(17(19)22,15-9-5-4-6-10-15)16-11-7-8-12-20-16/h4-12,14H,13H2,1-3H3,(H2,19,22)/t14-,18?/m0/s1. The second kappa shape index (κ2) is 6.71.